The fraction of sp³-hybridized carbons (Fsp3) is 0.462. The van der Waals surface area contributed by atoms with Crippen molar-refractivity contribution in [2.75, 3.05) is 25.4 Å². The quantitative estimate of drug-likeness (QED) is 0.360. The van der Waals surface area contributed by atoms with Gasteiger partial charge < -0.3 is 15.8 Å². The minimum Gasteiger partial charge on any atom is -0.409 e. The number of hydrogen-bond acceptors (Lipinski definition) is 5. The first-order chi connectivity index (χ1) is 9.53. The van der Waals surface area contributed by atoms with Crippen LogP contribution in [0.4, 0.5) is 0 Å². The molecule has 3 N–H and O–H groups in total. The molecular weight excluding hydrogens is 278 g/mol. The van der Waals surface area contributed by atoms with Crippen LogP contribution in [0.1, 0.15) is 18.4 Å². The molecule has 1 aliphatic rings. The first kappa shape index (κ1) is 14.8. The molecule has 1 aromatic carbocycles. The Morgan fingerprint density at radius 3 is 2.40 bits per heavy atom. The maximum Gasteiger partial charge on any atom is 0.179 e. The standard InChI is InChI=1S/C13H19N3O3S/c14-13(15-17)11-3-5-12(6-4-11)20(18,19)10-9-16-7-1-2-8-16/h3-6,17H,1-2,7-10H2,(H2,14,15). The van der Waals surface area contributed by atoms with Crippen LogP contribution in [-0.4, -0.2) is 49.7 Å². The number of rotatable bonds is 5. The minimum absolute atomic E-state index is 0.0361. The van der Waals surface area contributed by atoms with Crippen molar-refractivity contribution < 1.29 is 13.6 Å². The molecule has 1 fully saturated rings. The van der Waals surface area contributed by atoms with Gasteiger partial charge in [0, 0.05) is 12.1 Å². The summed E-state index contributed by atoms with van der Waals surface area (Å²) in [7, 11) is -3.28. The summed E-state index contributed by atoms with van der Waals surface area (Å²) < 4.78 is 24.4. The number of amidine groups is 1. The Morgan fingerprint density at radius 1 is 1.25 bits per heavy atom. The van der Waals surface area contributed by atoms with Crippen LogP contribution in [-0.2, 0) is 9.84 Å². The Hall–Kier alpha value is -1.60. The van der Waals surface area contributed by atoms with E-state index >= 15 is 0 Å². The van der Waals surface area contributed by atoms with Gasteiger partial charge in [0.15, 0.2) is 15.7 Å². The molecule has 0 bridgehead atoms. The van der Waals surface area contributed by atoms with Crippen LogP contribution >= 0.6 is 0 Å². The monoisotopic (exact) mass is 297 g/mol. The van der Waals surface area contributed by atoms with E-state index in [9.17, 15) is 8.42 Å². The lowest BCUT2D eigenvalue weighted by atomic mass is 10.2. The molecule has 1 aliphatic heterocycles. The van der Waals surface area contributed by atoms with E-state index in [0.29, 0.717) is 12.1 Å². The van der Waals surface area contributed by atoms with E-state index in [1.165, 1.54) is 24.3 Å². The van der Waals surface area contributed by atoms with Crippen LogP contribution in [0.5, 0.6) is 0 Å². The lowest BCUT2D eigenvalue weighted by molar-refractivity contribution is 0.318. The van der Waals surface area contributed by atoms with Crippen LogP contribution in [0.25, 0.3) is 0 Å². The Bertz CT molecular complexity index is 575. The molecule has 0 amide bonds. The molecule has 0 atom stereocenters. The van der Waals surface area contributed by atoms with E-state index in [1.807, 2.05) is 0 Å². The van der Waals surface area contributed by atoms with Crippen LogP contribution in [0, 0.1) is 0 Å². The lowest BCUT2D eigenvalue weighted by Gasteiger charge is -2.14. The van der Waals surface area contributed by atoms with Gasteiger partial charge in [0.2, 0.25) is 0 Å². The number of oxime groups is 1. The highest BCUT2D eigenvalue weighted by Gasteiger charge is 2.18. The van der Waals surface area contributed by atoms with Crippen LogP contribution < -0.4 is 5.73 Å². The van der Waals surface area contributed by atoms with Gasteiger partial charge in [0.05, 0.1) is 10.6 Å². The summed E-state index contributed by atoms with van der Waals surface area (Å²) in [5, 5.41) is 11.4. The van der Waals surface area contributed by atoms with Gasteiger partial charge in [-0.3, -0.25) is 0 Å². The Labute approximate surface area is 118 Å². The van der Waals surface area contributed by atoms with Gasteiger partial charge in [-0.25, -0.2) is 8.42 Å². The van der Waals surface area contributed by atoms with Gasteiger partial charge in [0.1, 0.15) is 0 Å². The average molecular weight is 297 g/mol. The second-order valence-corrected chi connectivity index (χ2v) is 6.99. The smallest absolute Gasteiger partial charge is 0.179 e. The van der Waals surface area contributed by atoms with E-state index in [1.54, 1.807) is 0 Å². The van der Waals surface area contributed by atoms with E-state index < -0.39 is 9.84 Å². The van der Waals surface area contributed by atoms with Crippen LogP contribution in [0.2, 0.25) is 0 Å². The predicted molar refractivity (Wildman–Crippen MR) is 76.7 cm³/mol. The molecule has 1 aromatic rings. The summed E-state index contributed by atoms with van der Waals surface area (Å²) in [5.41, 5.74) is 5.93. The van der Waals surface area contributed by atoms with Gasteiger partial charge in [-0.15, -0.1) is 0 Å². The largest absolute Gasteiger partial charge is 0.409 e. The highest BCUT2D eigenvalue weighted by Crippen LogP contribution is 2.14. The number of nitrogens with zero attached hydrogens (tertiary/aromatic N) is 2. The Balaban J connectivity index is 2.05. The van der Waals surface area contributed by atoms with E-state index in [0.717, 1.165) is 25.9 Å². The third kappa shape index (κ3) is 3.49. The molecule has 1 heterocycles. The maximum atomic E-state index is 12.2. The molecule has 0 unspecified atom stereocenters. The molecule has 0 saturated carbocycles. The van der Waals surface area contributed by atoms with Crippen molar-refractivity contribution in [3.8, 4) is 0 Å². The molecule has 20 heavy (non-hydrogen) atoms. The first-order valence-electron chi connectivity index (χ1n) is 6.56. The Morgan fingerprint density at radius 2 is 1.85 bits per heavy atom. The fourth-order valence-corrected chi connectivity index (χ4v) is 3.55. The second kappa shape index (κ2) is 6.23. The van der Waals surface area contributed by atoms with E-state index in [2.05, 4.69) is 10.1 Å². The highest BCUT2D eigenvalue weighted by atomic mass is 32.2. The lowest BCUT2D eigenvalue weighted by Crippen LogP contribution is -2.26. The number of benzene rings is 1. The summed E-state index contributed by atoms with van der Waals surface area (Å²) >= 11 is 0. The summed E-state index contributed by atoms with van der Waals surface area (Å²) in [6, 6.07) is 6.06. The normalized spacial score (nSPS) is 17.5. The maximum absolute atomic E-state index is 12.2. The summed E-state index contributed by atoms with van der Waals surface area (Å²) in [6.07, 6.45) is 2.29. The minimum atomic E-state index is -3.28. The Kier molecular flexibility index (Phi) is 4.61. The zero-order valence-electron chi connectivity index (χ0n) is 11.2. The molecule has 0 aliphatic carbocycles. The van der Waals surface area contributed by atoms with Crippen LogP contribution in [0.3, 0.4) is 0 Å². The van der Waals surface area contributed by atoms with Gasteiger partial charge in [0.25, 0.3) is 0 Å². The zero-order chi connectivity index (χ0) is 14.6. The second-order valence-electron chi connectivity index (χ2n) is 4.88. The number of nitrogens with two attached hydrogens (primary N) is 1. The van der Waals surface area contributed by atoms with Crippen molar-refractivity contribution in [1.29, 1.82) is 0 Å². The highest BCUT2D eigenvalue weighted by molar-refractivity contribution is 7.91. The summed E-state index contributed by atoms with van der Waals surface area (Å²) in [5.74, 6) is 0.0849. The van der Waals surface area contributed by atoms with Crippen molar-refractivity contribution in [3.63, 3.8) is 0 Å². The number of likely N-dealkylation sites (tertiary alicyclic amines) is 1. The van der Waals surface area contributed by atoms with Crippen molar-refractivity contribution >= 4 is 15.7 Å². The molecule has 7 heteroatoms. The van der Waals surface area contributed by atoms with E-state index in [4.69, 9.17) is 10.9 Å². The summed E-state index contributed by atoms with van der Waals surface area (Å²) in [4.78, 5) is 2.44. The van der Waals surface area contributed by atoms with Crippen LogP contribution in [0.15, 0.2) is 34.3 Å². The molecular formula is C13H19N3O3S. The van der Waals surface area contributed by atoms with Crippen molar-refractivity contribution in [3.05, 3.63) is 29.8 Å². The molecule has 0 spiro atoms. The SMILES string of the molecule is N/C(=N/O)c1ccc(S(=O)(=O)CCN2CCCC2)cc1. The number of sulfone groups is 1. The topological polar surface area (TPSA) is 96.0 Å². The summed E-state index contributed by atoms with van der Waals surface area (Å²) in [6.45, 7) is 2.54. The predicted octanol–water partition coefficient (Wildman–Crippen LogP) is 0.651. The van der Waals surface area contributed by atoms with E-state index in [-0.39, 0.29) is 16.5 Å². The molecule has 1 saturated heterocycles. The van der Waals surface area contributed by atoms with Gasteiger partial charge >= 0.3 is 0 Å². The molecule has 2 rings (SSSR count). The number of hydrogen-bond donors (Lipinski definition) is 2. The molecule has 6 nitrogen and oxygen atoms in total. The first-order valence-corrected chi connectivity index (χ1v) is 8.21. The fourth-order valence-electron chi connectivity index (χ4n) is 2.26. The molecule has 110 valence electrons. The van der Waals surface area contributed by atoms with Gasteiger partial charge in [-0.1, -0.05) is 5.16 Å². The van der Waals surface area contributed by atoms with Crippen molar-refractivity contribution in [1.82, 2.24) is 4.90 Å². The third-order valence-corrected chi connectivity index (χ3v) is 5.20. The van der Waals surface area contributed by atoms with Crippen molar-refractivity contribution in [2.45, 2.75) is 17.7 Å². The van der Waals surface area contributed by atoms with Gasteiger partial charge in [-0.05, 0) is 50.2 Å². The van der Waals surface area contributed by atoms with Crippen molar-refractivity contribution in [2.24, 2.45) is 10.9 Å². The third-order valence-electron chi connectivity index (χ3n) is 3.49. The average Bonchev–Trinajstić information content (AvgIpc) is 2.98. The zero-order valence-corrected chi connectivity index (χ0v) is 12.0. The molecule has 0 aromatic heterocycles. The van der Waals surface area contributed by atoms with Gasteiger partial charge in [-0.2, -0.15) is 0 Å². The molecule has 0 radical (unpaired) electrons.